The molecule has 0 N–H and O–H groups in total. The van der Waals surface area contributed by atoms with Crippen LogP contribution in [0.3, 0.4) is 0 Å². The number of hydrogen-bond donors (Lipinski definition) is 0. The van der Waals surface area contributed by atoms with Crippen LogP contribution in [-0.4, -0.2) is 48.8 Å². The van der Waals surface area contributed by atoms with Gasteiger partial charge in [0.1, 0.15) is 6.67 Å². The number of quaternary nitrogens is 1. The van der Waals surface area contributed by atoms with Gasteiger partial charge in [0.25, 0.3) is 0 Å². The SMILES string of the molecule is CCN1CCC[N+]2(CCCC2)C1. The second-order valence-electron chi connectivity index (χ2n) is 4.43. The monoisotopic (exact) mass is 169 g/mol. The first-order valence-corrected chi connectivity index (χ1v) is 5.42. The molecule has 1 spiro atoms. The van der Waals surface area contributed by atoms with Crippen LogP contribution >= 0.6 is 0 Å². The Morgan fingerprint density at radius 3 is 2.42 bits per heavy atom. The van der Waals surface area contributed by atoms with E-state index in [0.717, 1.165) is 0 Å². The molecular weight excluding hydrogens is 148 g/mol. The van der Waals surface area contributed by atoms with E-state index in [1.807, 2.05) is 0 Å². The van der Waals surface area contributed by atoms with Gasteiger partial charge in [-0.1, -0.05) is 6.92 Å². The van der Waals surface area contributed by atoms with E-state index >= 15 is 0 Å². The fourth-order valence-corrected chi connectivity index (χ4v) is 2.82. The van der Waals surface area contributed by atoms with Crippen LogP contribution in [0.2, 0.25) is 0 Å². The van der Waals surface area contributed by atoms with Gasteiger partial charge in [0, 0.05) is 32.4 Å². The van der Waals surface area contributed by atoms with Gasteiger partial charge in [0.05, 0.1) is 19.6 Å². The zero-order chi connectivity index (χ0) is 8.44. The summed E-state index contributed by atoms with van der Waals surface area (Å²) in [6.45, 7) is 10.6. The van der Waals surface area contributed by atoms with Crippen molar-refractivity contribution in [2.75, 3.05) is 39.4 Å². The van der Waals surface area contributed by atoms with Crippen molar-refractivity contribution in [1.29, 1.82) is 0 Å². The minimum Gasteiger partial charge on any atom is -0.311 e. The predicted molar refractivity (Wildman–Crippen MR) is 50.8 cm³/mol. The first-order chi connectivity index (χ1) is 5.85. The molecule has 0 aromatic rings. The Morgan fingerprint density at radius 2 is 1.75 bits per heavy atom. The molecule has 0 bridgehead atoms. The van der Waals surface area contributed by atoms with Gasteiger partial charge in [-0.05, 0) is 0 Å². The minimum absolute atomic E-state index is 1.25. The first-order valence-electron chi connectivity index (χ1n) is 5.42. The molecule has 2 aliphatic heterocycles. The third kappa shape index (κ3) is 1.50. The number of hydrogen-bond acceptors (Lipinski definition) is 1. The molecule has 2 fully saturated rings. The van der Waals surface area contributed by atoms with Crippen molar-refractivity contribution in [3.8, 4) is 0 Å². The van der Waals surface area contributed by atoms with Crippen molar-refractivity contribution >= 4 is 0 Å². The quantitative estimate of drug-likeness (QED) is 0.534. The highest BCUT2D eigenvalue weighted by Gasteiger charge is 2.35. The molecule has 0 aromatic heterocycles. The average molecular weight is 169 g/mol. The molecule has 0 saturated carbocycles. The Bertz CT molecular complexity index is 150. The summed E-state index contributed by atoms with van der Waals surface area (Å²) in [5.74, 6) is 0. The van der Waals surface area contributed by atoms with E-state index in [1.54, 1.807) is 0 Å². The summed E-state index contributed by atoms with van der Waals surface area (Å²) in [6.07, 6.45) is 4.36. The van der Waals surface area contributed by atoms with Crippen molar-refractivity contribution < 1.29 is 4.48 Å². The summed E-state index contributed by atoms with van der Waals surface area (Å²) in [7, 11) is 0. The number of nitrogens with zero attached hydrogens (tertiary/aromatic N) is 2. The second kappa shape index (κ2) is 3.35. The van der Waals surface area contributed by atoms with Gasteiger partial charge in [-0.25, -0.2) is 0 Å². The van der Waals surface area contributed by atoms with Crippen LogP contribution in [0.5, 0.6) is 0 Å². The molecule has 2 rings (SSSR count). The molecule has 2 saturated heterocycles. The van der Waals surface area contributed by atoms with Crippen molar-refractivity contribution in [3.05, 3.63) is 0 Å². The summed E-state index contributed by atoms with van der Waals surface area (Å²) in [5, 5.41) is 0. The van der Waals surface area contributed by atoms with Crippen molar-refractivity contribution in [3.63, 3.8) is 0 Å². The summed E-state index contributed by atoms with van der Waals surface area (Å²) >= 11 is 0. The summed E-state index contributed by atoms with van der Waals surface area (Å²) in [4.78, 5) is 2.62. The minimum atomic E-state index is 1.25. The highest BCUT2D eigenvalue weighted by Crippen LogP contribution is 2.23. The van der Waals surface area contributed by atoms with Crippen LogP contribution < -0.4 is 0 Å². The normalized spacial score (nSPS) is 29.8. The summed E-state index contributed by atoms with van der Waals surface area (Å²) in [6, 6.07) is 0. The molecule has 2 aliphatic rings. The molecule has 2 heteroatoms. The fraction of sp³-hybridized carbons (Fsp3) is 1.00. The smallest absolute Gasteiger partial charge is 0.135 e. The Labute approximate surface area is 75.7 Å². The zero-order valence-corrected chi connectivity index (χ0v) is 8.26. The van der Waals surface area contributed by atoms with E-state index in [-0.39, 0.29) is 0 Å². The molecule has 0 radical (unpaired) electrons. The highest BCUT2D eigenvalue weighted by molar-refractivity contribution is 4.62. The predicted octanol–water partition coefficient (Wildman–Crippen LogP) is 1.28. The lowest BCUT2D eigenvalue weighted by molar-refractivity contribution is -0.931. The largest absolute Gasteiger partial charge is 0.311 e. The van der Waals surface area contributed by atoms with Crippen LogP contribution in [0.15, 0.2) is 0 Å². The Kier molecular flexibility index (Phi) is 2.37. The lowest BCUT2D eigenvalue weighted by atomic mass is 10.2. The van der Waals surface area contributed by atoms with E-state index in [1.165, 1.54) is 63.1 Å². The van der Waals surface area contributed by atoms with Gasteiger partial charge in [-0.3, -0.25) is 4.90 Å². The molecule has 0 unspecified atom stereocenters. The maximum Gasteiger partial charge on any atom is 0.135 e. The van der Waals surface area contributed by atoms with Crippen LogP contribution in [0.4, 0.5) is 0 Å². The van der Waals surface area contributed by atoms with Crippen LogP contribution in [0.1, 0.15) is 26.2 Å². The molecule has 0 atom stereocenters. The standard InChI is InChI=1S/C10H21N2/c1-2-11-6-5-9-12(10-11)7-3-4-8-12/h2-10H2,1H3/q+1. The topological polar surface area (TPSA) is 3.24 Å². The lowest BCUT2D eigenvalue weighted by Gasteiger charge is -2.42. The van der Waals surface area contributed by atoms with Gasteiger partial charge in [-0.2, -0.15) is 0 Å². The third-order valence-corrected chi connectivity index (χ3v) is 3.57. The molecule has 2 nitrogen and oxygen atoms in total. The molecule has 12 heavy (non-hydrogen) atoms. The molecule has 70 valence electrons. The molecule has 0 aliphatic carbocycles. The maximum absolute atomic E-state index is 2.62. The van der Waals surface area contributed by atoms with Crippen molar-refractivity contribution in [1.82, 2.24) is 4.90 Å². The zero-order valence-electron chi connectivity index (χ0n) is 8.26. The molecular formula is C10H21N2+. The van der Waals surface area contributed by atoms with Gasteiger partial charge >= 0.3 is 0 Å². The van der Waals surface area contributed by atoms with E-state index < -0.39 is 0 Å². The fourth-order valence-electron chi connectivity index (χ4n) is 2.82. The van der Waals surface area contributed by atoms with E-state index in [0.29, 0.717) is 0 Å². The molecule has 0 aromatic carbocycles. The van der Waals surface area contributed by atoms with Gasteiger partial charge in [-0.15, -0.1) is 0 Å². The van der Waals surface area contributed by atoms with Gasteiger partial charge in [0.2, 0.25) is 0 Å². The molecule has 2 heterocycles. The van der Waals surface area contributed by atoms with Crippen LogP contribution in [0, 0.1) is 0 Å². The average Bonchev–Trinajstić information content (AvgIpc) is 2.53. The van der Waals surface area contributed by atoms with Gasteiger partial charge < -0.3 is 4.48 Å². The van der Waals surface area contributed by atoms with E-state index in [9.17, 15) is 0 Å². The van der Waals surface area contributed by atoms with Crippen LogP contribution in [-0.2, 0) is 0 Å². The van der Waals surface area contributed by atoms with Crippen molar-refractivity contribution in [2.24, 2.45) is 0 Å². The first kappa shape index (κ1) is 8.52. The van der Waals surface area contributed by atoms with E-state index in [4.69, 9.17) is 0 Å². The van der Waals surface area contributed by atoms with E-state index in [2.05, 4.69) is 11.8 Å². The second-order valence-corrected chi connectivity index (χ2v) is 4.43. The van der Waals surface area contributed by atoms with Crippen LogP contribution in [0.25, 0.3) is 0 Å². The number of rotatable bonds is 1. The highest BCUT2D eigenvalue weighted by atomic mass is 15.5. The lowest BCUT2D eigenvalue weighted by Crippen LogP contribution is -2.57. The van der Waals surface area contributed by atoms with Crippen molar-refractivity contribution in [2.45, 2.75) is 26.2 Å². The Morgan fingerprint density at radius 1 is 1.08 bits per heavy atom. The maximum atomic E-state index is 2.62. The Balaban J connectivity index is 1.97. The summed E-state index contributed by atoms with van der Waals surface area (Å²) < 4.78 is 1.42. The Hall–Kier alpha value is -0.0800. The molecule has 0 amide bonds. The van der Waals surface area contributed by atoms with Gasteiger partial charge in [0.15, 0.2) is 0 Å². The third-order valence-electron chi connectivity index (χ3n) is 3.57. The summed E-state index contributed by atoms with van der Waals surface area (Å²) in [5.41, 5.74) is 0.